The summed E-state index contributed by atoms with van der Waals surface area (Å²) in [6.07, 6.45) is 0. The minimum absolute atomic E-state index is 0.0788. The highest BCUT2D eigenvalue weighted by molar-refractivity contribution is 8.05. The standard InChI is InChI=1S/C32H39N5O4S2/c38-31-20-25(37-10-16-41-17-11-37)19-27(34-31)26-2-1-3-29-32(26)43-28-5-4-23(18-30(28)42-29)33-24(21-35-6-12-39-13-7-35)22-36-8-14-40-15-9-36/h1-5,18-20,24,33H,6-17,21-22H2,(H,34,38). The van der Waals surface area contributed by atoms with Crippen LogP contribution in [0.2, 0.25) is 0 Å². The Hall–Kier alpha value is -2.51. The SMILES string of the molecule is O=c1cc(N2CCOCC2)cc(-c2cccc3c2Sc2ccc(NC(CN4CCOCC4)CN4CCOCC4)cc2S3)[nH]1. The van der Waals surface area contributed by atoms with Gasteiger partial charge >= 0.3 is 0 Å². The van der Waals surface area contributed by atoms with Crippen LogP contribution in [0.3, 0.4) is 0 Å². The highest BCUT2D eigenvalue weighted by atomic mass is 32.2. The minimum atomic E-state index is -0.0788. The van der Waals surface area contributed by atoms with Gasteiger partial charge in [-0.1, -0.05) is 35.7 Å². The molecule has 9 nitrogen and oxygen atoms in total. The molecule has 1 aromatic heterocycles. The number of aromatic amines is 1. The molecule has 7 rings (SSSR count). The van der Waals surface area contributed by atoms with Crippen molar-refractivity contribution in [2.75, 3.05) is 102 Å². The zero-order valence-electron chi connectivity index (χ0n) is 24.4. The lowest BCUT2D eigenvalue weighted by Gasteiger charge is -2.35. The number of benzene rings is 2. The molecule has 0 spiro atoms. The van der Waals surface area contributed by atoms with E-state index < -0.39 is 0 Å². The summed E-state index contributed by atoms with van der Waals surface area (Å²) < 4.78 is 16.7. The van der Waals surface area contributed by atoms with Crippen LogP contribution in [0.1, 0.15) is 0 Å². The number of ether oxygens (including phenoxy) is 3. The van der Waals surface area contributed by atoms with E-state index in [9.17, 15) is 4.79 Å². The van der Waals surface area contributed by atoms with Gasteiger partial charge in [0.25, 0.3) is 0 Å². The van der Waals surface area contributed by atoms with Crippen LogP contribution in [-0.2, 0) is 14.2 Å². The van der Waals surface area contributed by atoms with E-state index in [1.165, 1.54) is 19.6 Å². The van der Waals surface area contributed by atoms with Crippen LogP contribution < -0.4 is 15.8 Å². The number of morpholine rings is 3. The van der Waals surface area contributed by atoms with Gasteiger partial charge in [-0.15, -0.1) is 0 Å². The number of fused-ring (bicyclic) bond motifs is 2. The number of hydrogen-bond donors (Lipinski definition) is 2. The molecule has 3 fully saturated rings. The molecule has 11 heteroatoms. The quantitative estimate of drug-likeness (QED) is 0.302. The first-order valence-corrected chi connectivity index (χ1v) is 16.9. The largest absolute Gasteiger partial charge is 0.380 e. The van der Waals surface area contributed by atoms with Gasteiger partial charge in [0.2, 0.25) is 5.56 Å². The predicted molar refractivity (Wildman–Crippen MR) is 172 cm³/mol. The summed E-state index contributed by atoms with van der Waals surface area (Å²) >= 11 is 3.59. The molecule has 0 unspecified atom stereocenters. The molecule has 0 bridgehead atoms. The number of aromatic nitrogens is 1. The molecule has 3 saturated heterocycles. The molecular formula is C32H39N5O4S2. The van der Waals surface area contributed by atoms with Gasteiger partial charge < -0.3 is 29.4 Å². The summed E-state index contributed by atoms with van der Waals surface area (Å²) in [7, 11) is 0. The summed E-state index contributed by atoms with van der Waals surface area (Å²) in [6.45, 7) is 12.1. The first-order chi connectivity index (χ1) is 21.2. The Bertz CT molecular complexity index is 1450. The second kappa shape index (κ2) is 13.6. The van der Waals surface area contributed by atoms with Crippen molar-refractivity contribution in [3.63, 3.8) is 0 Å². The molecule has 3 aromatic rings. The number of H-pyrrole nitrogens is 1. The van der Waals surface area contributed by atoms with Gasteiger partial charge in [0.05, 0.1) is 51.4 Å². The maximum Gasteiger partial charge on any atom is 0.250 e. The van der Waals surface area contributed by atoms with Crippen LogP contribution >= 0.6 is 23.5 Å². The normalized spacial score (nSPS) is 19.7. The summed E-state index contributed by atoms with van der Waals surface area (Å²) in [5.74, 6) is 0. The van der Waals surface area contributed by atoms with E-state index in [0.717, 1.165) is 101 Å². The van der Waals surface area contributed by atoms with Gasteiger partial charge in [0, 0.05) is 94.9 Å². The van der Waals surface area contributed by atoms with Crippen LogP contribution in [-0.4, -0.2) is 113 Å². The maximum atomic E-state index is 12.7. The summed E-state index contributed by atoms with van der Waals surface area (Å²) in [5.41, 5.74) is 3.94. The topological polar surface area (TPSA) is 82.3 Å². The third-order valence-corrected chi connectivity index (χ3v) is 11.0. The average Bonchev–Trinajstić information content (AvgIpc) is 3.04. The number of hydrogen-bond acceptors (Lipinski definition) is 10. The lowest BCUT2D eigenvalue weighted by molar-refractivity contribution is 0.0225. The maximum absolute atomic E-state index is 12.7. The van der Waals surface area contributed by atoms with Crippen LogP contribution in [0.5, 0.6) is 0 Å². The fourth-order valence-corrected chi connectivity index (χ4v) is 8.57. The molecule has 0 amide bonds. The van der Waals surface area contributed by atoms with Gasteiger partial charge in [0.15, 0.2) is 0 Å². The molecule has 2 aromatic carbocycles. The second-order valence-corrected chi connectivity index (χ2v) is 13.5. The number of nitrogens with one attached hydrogen (secondary N) is 2. The van der Waals surface area contributed by atoms with Gasteiger partial charge in [-0.05, 0) is 30.3 Å². The third-order valence-electron chi connectivity index (χ3n) is 8.39. The van der Waals surface area contributed by atoms with Crippen molar-refractivity contribution >= 4 is 34.9 Å². The Labute approximate surface area is 261 Å². The van der Waals surface area contributed by atoms with Crippen LogP contribution in [0, 0.1) is 0 Å². The van der Waals surface area contributed by atoms with E-state index in [0.29, 0.717) is 19.3 Å². The first-order valence-electron chi connectivity index (χ1n) is 15.2. The van der Waals surface area contributed by atoms with E-state index >= 15 is 0 Å². The molecule has 43 heavy (non-hydrogen) atoms. The van der Waals surface area contributed by atoms with Gasteiger partial charge in [-0.25, -0.2) is 0 Å². The minimum Gasteiger partial charge on any atom is -0.380 e. The predicted octanol–water partition coefficient (Wildman–Crippen LogP) is 3.94. The average molecular weight is 622 g/mol. The summed E-state index contributed by atoms with van der Waals surface area (Å²) in [6, 6.07) is 17.3. The van der Waals surface area contributed by atoms with Crippen molar-refractivity contribution in [3.05, 3.63) is 58.9 Å². The van der Waals surface area contributed by atoms with Crippen molar-refractivity contribution in [1.29, 1.82) is 0 Å². The summed E-state index contributed by atoms with van der Waals surface area (Å²) in [4.78, 5) is 28.0. The Balaban J connectivity index is 1.10. The zero-order valence-corrected chi connectivity index (χ0v) is 26.0. The lowest BCUT2D eigenvalue weighted by Crippen LogP contribution is -2.49. The van der Waals surface area contributed by atoms with E-state index in [2.05, 4.69) is 67.5 Å². The molecule has 2 N–H and O–H groups in total. The Kier molecular flexibility index (Phi) is 9.27. The van der Waals surface area contributed by atoms with Crippen molar-refractivity contribution in [2.24, 2.45) is 0 Å². The van der Waals surface area contributed by atoms with Crippen molar-refractivity contribution in [3.8, 4) is 11.3 Å². The molecule has 4 aliphatic rings. The smallest absolute Gasteiger partial charge is 0.250 e. The van der Waals surface area contributed by atoms with Crippen molar-refractivity contribution in [1.82, 2.24) is 14.8 Å². The molecule has 5 heterocycles. The number of anilines is 2. The number of nitrogens with zero attached hydrogens (tertiary/aromatic N) is 3. The van der Waals surface area contributed by atoms with E-state index in [1.54, 1.807) is 29.6 Å². The molecular weight excluding hydrogens is 583 g/mol. The van der Waals surface area contributed by atoms with Gasteiger partial charge in [-0.3, -0.25) is 14.6 Å². The molecule has 228 valence electrons. The first kappa shape index (κ1) is 29.2. The Morgan fingerprint density at radius 1 is 0.744 bits per heavy atom. The fraction of sp³-hybridized carbons (Fsp3) is 0.469. The molecule has 0 aliphatic carbocycles. The molecule has 0 radical (unpaired) electrons. The highest BCUT2D eigenvalue weighted by Gasteiger charge is 2.24. The van der Waals surface area contributed by atoms with Crippen molar-refractivity contribution < 1.29 is 14.2 Å². The van der Waals surface area contributed by atoms with Gasteiger partial charge in [0.1, 0.15) is 0 Å². The van der Waals surface area contributed by atoms with Crippen molar-refractivity contribution in [2.45, 2.75) is 25.6 Å². The lowest BCUT2D eigenvalue weighted by atomic mass is 10.1. The van der Waals surface area contributed by atoms with E-state index in [1.807, 2.05) is 0 Å². The number of rotatable bonds is 8. The molecule has 0 saturated carbocycles. The number of pyridine rings is 1. The van der Waals surface area contributed by atoms with E-state index in [4.69, 9.17) is 14.2 Å². The van der Waals surface area contributed by atoms with Crippen LogP contribution in [0.25, 0.3) is 11.3 Å². The van der Waals surface area contributed by atoms with Crippen LogP contribution in [0.15, 0.2) is 72.9 Å². The molecule has 4 aliphatic heterocycles. The van der Waals surface area contributed by atoms with E-state index in [-0.39, 0.29) is 5.56 Å². The highest BCUT2D eigenvalue weighted by Crippen LogP contribution is 2.52. The zero-order chi connectivity index (χ0) is 29.0. The van der Waals surface area contributed by atoms with Gasteiger partial charge in [-0.2, -0.15) is 0 Å². The molecule has 0 atom stereocenters. The summed E-state index contributed by atoms with van der Waals surface area (Å²) in [5, 5.41) is 3.89. The Morgan fingerprint density at radius 2 is 1.42 bits per heavy atom. The fourth-order valence-electron chi connectivity index (χ4n) is 6.16. The van der Waals surface area contributed by atoms with Crippen LogP contribution in [0.4, 0.5) is 11.4 Å². The third kappa shape index (κ3) is 7.09. The Morgan fingerprint density at radius 3 is 2.12 bits per heavy atom. The second-order valence-electron chi connectivity index (χ2n) is 11.4. The monoisotopic (exact) mass is 621 g/mol.